The number of benzene rings is 1. The van der Waals surface area contributed by atoms with Gasteiger partial charge in [-0.25, -0.2) is 4.98 Å². The molecule has 1 atom stereocenters. The zero-order valence-corrected chi connectivity index (χ0v) is 15.9. The second kappa shape index (κ2) is 7.36. The standard InChI is InChI=1S/C19H21FN4O2S/c1-12-10-13-4-2-3-5-14(13)24(12)16(25)11-15-21-18(17(20)19(27)22-15)23-6-8-26-9-7-23/h2-5,12H,6-11H2,1H3,(H,21,22,27)/t12-/m0/s1. The molecule has 2 aliphatic heterocycles. The number of rotatable bonds is 3. The van der Waals surface area contributed by atoms with Gasteiger partial charge in [-0.05, 0) is 25.0 Å². The number of aromatic amines is 1. The number of aromatic nitrogens is 2. The minimum absolute atomic E-state index is 0.0239. The average Bonchev–Trinajstić information content (AvgIpc) is 3.01. The SMILES string of the molecule is C[C@H]1Cc2ccccc2N1C(=O)Cc1nc(N2CCOCC2)c(F)c(=S)[nH]1. The largest absolute Gasteiger partial charge is 0.378 e. The number of amides is 1. The van der Waals surface area contributed by atoms with Gasteiger partial charge in [0.1, 0.15) is 10.5 Å². The second-order valence-electron chi connectivity index (χ2n) is 6.87. The summed E-state index contributed by atoms with van der Waals surface area (Å²) in [6.45, 7) is 4.16. The number of nitrogens with zero attached hydrogens (tertiary/aromatic N) is 3. The first kappa shape index (κ1) is 18.1. The normalized spacial score (nSPS) is 19.3. The van der Waals surface area contributed by atoms with E-state index in [0.29, 0.717) is 32.1 Å². The number of fused-ring (bicyclic) bond motifs is 1. The molecule has 0 unspecified atom stereocenters. The Morgan fingerprint density at radius 3 is 2.89 bits per heavy atom. The first-order chi connectivity index (χ1) is 13.0. The van der Waals surface area contributed by atoms with E-state index in [4.69, 9.17) is 17.0 Å². The number of carbonyl (C=O) groups is 1. The molecule has 1 fully saturated rings. The predicted molar refractivity (Wildman–Crippen MR) is 103 cm³/mol. The molecule has 6 nitrogen and oxygen atoms in total. The molecule has 0 saturated carbocycles. The number of nitrogens with one attached hydrogen (secondary N) is 1. The maximum atomic E-state index is 14.5. The summed E-state index contributed by atoms with van der Waals surface area (Å²) in [5, 5.41) is 0. The zero-order chi connectivity index (χ0) is 19.0. The lowest BCUT2D eigenvalue weighted by Gasteiger charge is -2.28. The molecule has 0 aliphatic carbocycles. The van der Waals surface area contributed by atoms with Crippen LogP contribution in [0.3, 0.4) is 0 Å². The van der Waals surface area contributed by atoms with Crippen molar-refractivity contribution in [3.05, 3.63) is 46.1 Å². The summed E-state index contributed by atoms with van der Waals surface area (Å²) in [5.74, 6) is -0.0580. The summed E-state index contributed by atoms with van der Waals surface area (Å²) in [6.07, 6.45) is 0.869. The van der Waals surface area contributed by atoms with Crippen LogP contribution < -0.4 is 9.80 Å². The Bertz CT molecular complexity index is 926. The number of H-pyrrole nitrogens is 1. The topological polar surface area (TPSA) is 61.5 Å². The number of carbonyl (C=O) groups excluding carboxylic acids is 1. The Kier molecular flexibility index (Phi) is 4.92. The number of para-hydroxylation sites is 1. The highest BCUT2D eigenvalue weighted by atomic mass is 32.1. The van der Waals surface area contributed by atoms with Crippen molar-refractivity contribution in [3.8, 4) is 0 Å². The third kappa shape index (κ3) is 3.46. The molecule has 27 heavy (non-hydrogen) atoms. The van der Waals surface area contributed by atoms with Crippen LogP contribution in [-0.4, -0.2) is 48.2 Å². The van der Waals surface area contributed by atoms with Crippen molar-refractivity contribution in [1.29, 1.82) is 0 Å². The van der Waals surface area contributed by atoms with Gasteiger partial charge in [-0.1, -0.05) is 30.4 Å². The van der Waals surface area contributed by atoms with Gasteiger partial charge in [0.15, 0.2) is 11.6 Å². The summed E-state index contributed by atoms with van der Waals surface area (Å²) in [7, 11) is 0. The van der Waals surface area contributed by atoms with Crippen molar-refractivity contribution in [2.45, 2.75) is 25.8 Å². The second-order valence-corrected chi connectivity index (χ2v) is 7.28. The van der Waals surface area contributed by atoms with Crippen molar-refractivity contribution in [2.24, 2.45) is 0 Å². The molecule has 2 aromatic rings. The van der Waals surface area contributed by atoms with Gasteiger partial charge in [0.05, 0.1) is 19.6 Å². The molecule has 1 aromatic carbocycles. The molecule has 8 heteroatoms. The van der Waals surface area contributed by atoms with Gasteiger partial charge in [0, 0.05) is 24.8 Å². The molecule has 1 N–H and O–H groups in total. The average molecular weight is 388 g/mol. The Labute approximate surface area is 162 Å². The van der Waals surface area contributed by atoms with Crippen LogP contribution in [0.15, 0.2) is 24.3 Å². The van der Waals surface area contributed by atoms with E-state index in [1.165, 1.54) is 0 Å². The molecular weight excluding hydrogens is 367 g/mol. The fourth-order valence-electron chi connectivity index (χ4n) is 3.73. The van der Waals surface area contributed by atoms with Crippen molar-refractivity contribution in [3.63, 3.8) is 0 Å². The van der Waals surface area contributed by atoms with Crippen LogP contribution in [-0.2, 0) is 22.4 Å². The van der Waals surface area contributed by atoms with Crippen molar-refractivity contribution in [1.82, 2.24) is 9.97 Å². The molecule has 1 amide bonds. The fraction of sp³-hybridized carbons (Fsp3) is 0.421. The zero-order valence-electron chi connectivity index (χ0n) is 15.1. The highest BCUT2D eigenvalue weighted by Gasteiger charge is 2.31. The lowest BCUT2D eigenvalue weighted by atomic mass is 10.1. The van der Waals surface area contributed by atoms with E-state index in [1.54, 1.807) is 4.90 Å². The van der Waals surface area contributed by atoms with E-state index in [2.05, 4.69) is 9.97 Å². The molecule has 0 bridgehead atoms. The third-order valence-corrected chi connectivity index (χ3v) is 5.28. The fourth-order valence-corrected chi connectivity index (χ4v) is 3.94. The third-order valence-electron chi connectivity index (χ3n) is 5.00. The highest BCUT2D eigenvalue weighted by molar-refractivity contribution is 7.71. The van der Waals surface area contributed by atoms with Gasteiger partial charge in [0.25, 0.3) is 0 Å². The maximum Gasteiger partial charge on any atom is 0.234 e. The van der Waals surface area contributed by atoms with Gasteiger partial charge in [-0.3, -0.25) is 4.79 Å². The maximum absolute atomic E-state index is 14.5. The number of halogens is 1. The molecule has 1 aromatic heterocycles. The summed E-state index contributed by atoms with van der Waals surface area (Å²) in [6, 6.07) is 7.98. The molecule has 142 valence electrons. The van der Waals surface area contributed by atoms with E-state index in [1.807, 2.05) is 36.1 Å². The summed E-state index contributed by atoms with van der Waals surface area (Å²) < 4.78 is 19.8. The van der Waals surface area contributed by atoms with E-state index >= 15 is 0 Å². The number of hydrogen-bond donors (Lipinski definition) is 1. The van der Waals surface area contributed by atoms with E-state index < -0.39 is 5.82 Å². The first-order valence-corrected chi connectivity index (χ1v) is 9.47. The number of ether oxygens (including phenoxy) is 1. The molecule has 3 heterocycles. The van der Waals surface area contributed by atoms with Gasteiger partial charge >= 0.3 is 0 Å². The summed E-state index contributed by atoms with van der Waals surface area (Å²) in [5.41, 5.74) is 2.09. The van der Waals surface area contributed by atoms with E-state index in [0.717, 1.165) is 17.7 Å². The van der Waals surface area contributed by atoms with Crippen LogP contribution in [0.1, 0.15) is 18.3 Å². The molecule has 2 aliphatic rings. The molecule has 0 radical (unpaired) electrons. The van der Waals surface area contributed by atoms with Crippen LogP contribution in [0.5, 0.6) is 0 Å². The lowest BCUT2D eigenvalue weighted by molar-refractivity contribution is -0.118. The minimum Gasteiger partial charge on any atom is -0.378 e. The smallest absolute Gasteiger partial charge is 0.234 e. The molecule has 1 saturated heterocycles. The highest BCUT2D eigenvalue weighted by Crippen LogP contribution is 2.32. The Balaban J connectivity index is 1.60. The van der Waals surface area contributed by atoms with Gasteiger partial charge in [-0.15, -0.1) is 0 Å². The minimum atomic E-state index is -0.553. The number of hydrogen-bond acceptors (Lipinski definition) is 5. The summed E-state index contributed by atoms with van der Waals surface area (Å²) in [4.78, 5) is 23.7. The van der Waals surface area contributed by atoms with Gasteiger partial charge < -0.3 is 19.5 Å². The van der Waals surface area contributed by atoms with Crippen molar-refractivity contribution >= 4 is 29.6 Å². The van der Waals surface area contributed by atoms with Crippen LogP contribution >= 0.6 is 12.2 Å². The van der Waals surface area contributed by atoms with Crippen molar-refractivity contribution < 1.29 is 13.9 Å². The molecular formula is C19H21FN4O2S. The van der Waals surface area contributed by atoms with Crippen LogP contribution in [0.2, 0.25) is 0 Å². The van der Waals surface area contributed by atoms with Crippen molar-refractivity contribution in [2.75, 3.05) is 36.1 Å². The quantitative estimate of drug-likeness (QED) is 0.819. The Morgan fingerprint density at radius 2 is 2.11 bits per heavy atom. The van der Waals surface area contributed by atoms with E-state index in [-0.39, 0.29) is 28.8 Å². The monoisotopic (exact) mass is 388 g/mol. The summed E-state index contributed by atoms with van der Waals surface area (Å²) >= 11 is 5.12. The number of anilines is 2. The lowest BCUT2D eigenvalue weighted by Crippen LogP contribution is -2.38. The van der Waals surface area contributed by atoms with Crippen LogP contribution in [0.25, 0.3) is 0 Å². The number of morpholine rings is 1. The van der Waals surface area contributed by atoms with Crippen LogP contribution in [0, 0.1) is 10.5 Å². The van der Waals surface area contributed by atoms with Gasteiger partial charge in [-0.2, -0.15) is 4.39 Å². The van der Waals surface area contributed by atoms with Crippen LogP contribution in [0.4, 0.5) is 15.9 Å². The predicted octanol–water partition coefficient (Wildman–Crippen LogP) is 2.64. The molecule has 4 rings (SSSR count). The Hall–Kier alpha value is -2.32. The van der Waals surface area contributed by atoms with E-state index in [9.17, 15) is 9.18 Å². The first-order valence-electron chi connectivity index (χ1n) is 9.06. The molecule has 0 spiro atoms. The van der Waals surface area contributed by atoms with Gasteiger partial charge in [0.2, 0.25) is 5.91 Å². The Morgan fingerprint density at radius 1 is 1.37 bits per heavy atom.